The van der Waals surface area contributed by atoms with Crippen molar-refractivity contribution >= 4 is 22.5 Å². The maximum atomic E-state index is 12.0. The van der Waals surface area contributed by atoms with Crippen molar-refractivity contribution in [3.8, 4) is 0 Å². The largest absolute Gasteiger partial charge is 0.396 e. The molecule has 2 amide bonds. The molecule has 0 spiro atoms. The molecule has 1 aromatic heterocycles. The summed E-state index contributed by atoms with van der Waals surface area (Å²) in [7, 11) is 0. The van der Waals surface area contributed by atoms with Crippen LogP contribution in [0.2, 0.25) is 0 Å². The lowest BCUT2D eigenvalue weighted by atomic mass is 9.97. The van der Waals surface area contributed by atoms with Crippen molar-refractivity contribution in [1.29, 1.82) is 0 Å². The Bertz CT molecular complexity index is 647. The Hall–Kier alpha value is -1.99. The first kappa shape index (κ1) is 18.4. The zero-order valence-electron chi connectivity index (χ0n) is 14.2. The summed E-state index contributed by atoms with van der Waals surface area (Å²) in [5.74, 6) is 0.166. The number of anilines is 1. The number of benzene rings is 1. The number of nitrogens with one attached hydrogen (secondary N) is 2. The molecule has 0 aliphatic carbocycles. The molecule has 0 radical (unpaired) electrons. The molecular weight excluding hydrogens is 324 g/mol. The third-order valence-electron chi connectivity index (χ3n) is 4.07. The van der Waals surface area contributed by atoms with Crippen LogP contribution in [0.25, 0.3) is 0 Å². The average molecular weight is 348 g/mol. The van der Waals surface area contributed by atoms with Gasteiger partial charge >= 0.3 is 6.03 Å². The number of carbonyl (C=O) groups excluding carboxylic acids is 1. The summed E-state index contributed by atoms with van der Waals surface area (Å²) in [4.78, 5) is 12.0. The first-order valence-corrected chi connectivity index (χ1v) is 8.93. The number of hydrogen-bond donors (Lipinski definition) is 3. The standard InChI is InChI=1S/C17H24N4O2S/c1-4-14(13-8-6-5-7-9-13)15-20-21-17(24-15)19-16(23)18-12(3)11(2)10-22/h5-9,11-12,14,22H,4,10H2,1-3H3,(H2,18,19,21,23). The molecule has 7 heteroatoms. The van der Waals surface area contributed by atoms with E-state index in [1.54, 1.807) is 0 Å². The first-order chi connectivity index (χ1) is 11.5. The molecule has 24 heavy (non-hydrogen) atoms. The molecule has 0 bridgehead atoms. The molecule has 1 heterocycles. The van der Waals surface area contributed by atoms with E-state index in [-0.39, 0.29) is 30.5 Å². The van der Waals surface area contributed by atoms with Crippen molar-refractivity contribution in [2.75, 3.05) is 11.9 Å². The second-order valence-electron chi connectivity index (χ2n) is 5.86. The van der Waals surface area contributed by atoms with Gasteiger partial charge in [0.25, 0.3) is 0 Å². The van der Waals surface area contributed by atoms with E-state index in [9.17, 15) is 4.79 Å². The zero-order valence-corrected chi connectivity index (χ0v) is 15.0. The van der Waals surface area contributed by atoms with Crippen LogP contribution in [-0.2, 0) is 0 Å². The van der Waals surface area contributed by atoms with Crippen LogP contribution in [-0.4, -0.2) is 34.0 Å². The van der Waals surface area contributed by atoms with Crippen molar-refractivity contribution in [2.45, 2.75) is 39.2 Å². The quantitative estimate of drug-likeness (QED) is 0.717. The Balaban J connectivity index is 2.01. The number of aliphatic hydroxyl groups excluding tert-OH is 1. The molecule has 0 saturated heterocycles. The minimum absolute atomic E-state index is 0.0108. The molecule has 6 nitrogen and oxygen atoms in total. The molecule has 1 aromatic carbocycles. The highest BCUT2D eigenvalue weighted by atomic mass is 32.1. The van der Waals surface area contributed by atoms with E-state index in [1.165, 1.54) is 16.9 Å². The van der Waals surface area contributed by atoms with Crippen molar-refractivity contribution in [3.63, 3.8) is 0 Å². The minimum Gasteiger partial charge on any atom is -0.396 e. The Morgan fingerprint density at radius 3 is 2.58 bits per heavy atom. The molecule has 2 aromatic rings. The summed E-state index contributed by atoms with van der Waals surface area (Å²) >= 11 is 1.39. The second kappa shape index (κ2) is 8.75. The number of urea groups is 1. The number of amides is 2. The lowest BCUT2D eigenvalue weighted by Gasteiger charge is -2.18. The summed E-state index contributed by atoms with van der Waals surface area (Å²) < 4.78 is 0. The number of nitrogens with zero attached hydrogens (tertiary/aromatic N) is 2. The number of hydrogen-bond acceptors (Lipinski definition) is 5. The topological polar surface area (TPSA) is 87.1 Å². The van der Waals surface area contributed by atoms with E-state index in [0.717, 1.165) is 11.4 Å². The predicted molar refractivity (Wildman–Crippen MR) is 96.4 cm³/mol. The fourth-order valence-electron chi connectivity index (χ4n) is 2.30. The summed E-state index contributed by atoms with van der Waals surface area (Å²) in [6, 6.07) is 9.70. The highest BCUT2D eigenvalue weighted by Crippen LogP contribution is 2.31. The molecule has 0 saturated carbocycles. The lowest BCUT2D eigenvalue weighted by Crippen LogP contribution is -2.40. The van der Waals surface area contributed by atoms with Crippen LogP contribution in [0.1, 0.15) is 43.7 Å². The van der Waals surface area contributed by atoms with Crippen LogP contribution in [0.4, 0.5) is 9.93 Å². The highest BCUT2D eigenvalue weighted by Gasteiger charge is 2.19. The van der Waals surface area contributed by atoms with Gasteiger partial charge in [-0.15, -0.1) is 10.2 Å². The molecule has 3 unspecified atom stereocenters. The maximum Gasteiger partial charge on any atom is 0.321 e. The highest BCUT2D eigenvalue weighted by molar-refractivity contribution is 7.15. The first-order valence-electron chi connectivity index (χ1n) is 8.11. The Morgan fingerprint density at radius 2 is 1.96 bits per heavy atom. The van der Waals surface area contributed by atoms with Gasteiger partial charge in [-0.2, -0.15) is 0 Å². The molecular formula is C17H24N4O2S. The van der Waals surface area contributed by atoms with E-state index in [2.05, 4.69) is 39.9 Å². The molecule has 3 N–H and O–H groups in total. The van der Waals surface area contributed by atoms with Gasteiger partial charge in [0.05, 0.1) is 0 Å². The number of carbonyl (C=O) groups is 1. The second-order valence-corrected chi connectivity index (χ2v) is 6.87. The Labute approximate surface area is 146 Å². The Kier molecular flexibility index (Phi) is 6.69. The van der Waals surface area contributed by atoms with Gasteiger partial charge < -0.3 is 10.4 Å². The van der Waals surface area contributed by atoms with Gasteiger partial charge in [-0.1, -0.05) is 55.5 Å². The van der Waals surface area contributed by atoms with E-state index in [0.29, 0.717) is 5.13 Å². The van der Waals surface area contributed by atoms with Crippen LogP contribution in [0.3, 0.4) is 0 Å². The van der Waals surface area contributed by atoms with Gasteiger partial charge in [-0.05, 0) is 24.8 Å². The van der Waals surface area contributed by atoms with Crippen LogP contribution in [0.15, 0.2) is 30.3 Å². The van der Waals surface area contributed by atoms with Gasteiger partial charge in [0.1, 0.15) is 5.01 Å². The molecule has 0 aliphatic rings. The predicted octanol–water partition coefficient (Wildman–Crippen LogP) is 3.22. The summed E-state index contributed by atoms with van der Waals surface area (Å²) in [5, 5.41) is 24.3. The summed E-state index contributed by atoms with van der Waals surface area (Å²) in [5.41, 5.74) is 1.19. The van der Waals surface area contributed by atoms with Crippen molar-refractivity contribution in [1.82, 2.24) is 15.5 Å². The van der Waals surface area contributed by atoms with Gasteiger partial charge in [0, 0.05) is 18.6 Å². The lowest BCUT2D eigenvalue weighted by molar-refractivity contribution is 0.204. The fourth-order valence-corrected chi connectivity index (χ4v) is 3.25. The van der Waals surface area contributed by atoms with E-state index in [4.69, 9.17) is 5.11 Å². The zero-order chi connectivity index (χ0) is 17.5. The van der Waals surface area contributed by atoms with Crippen LogP contribution in [0.5, 0.6) is 0 Å². The SMILES string of the molecule is CCC(c1ccccc1)c1nnc(NC(=O)NC(C)C(C)CO)s1. The molecule has 2 rings (SSSR count). The number of aromatic nitrogens is 2. The van der Waals surface area contributed by atoms with Crippen LogP contribution < -0.4 is 10.6 Å². The van der Waals surface area contributed by atoms with Crippen molar-refractivity contribution < 1.29 is 9.90 Å². The van der Waals surface area contributed by atoms with Crippen LogP contribution in [0, 0.1) is 5.92 Å². The van der Waals surface area contributed by atoms with Crippen LogP contribution >= 0.6 is 11.3 Å². The molecule has 130 valence electrons. The van der Waals surface area contributed by atoms with Gasteiger partial charge in [0.2, 0.25) is 5.13 Å². The molecule has 0 aliphatic heterocycles. The number of rotatable bonds is 7. The third-order valence-corrected chi connectivity index (χ3v) is 5.02. The molecule has 0 fully saturated rings. The maximum absolute atomic E-state index is 12.0. The third kappa shape index (κ3) is 4.75. The minimum atomic E-state index is -0.335. The van der Waals surface area contributed by atoms with Gasteiger partial charge in [0.15, 0.2) is 0 Å². The van der Waals surface area contributed by atoms with Gasteiger partial charge in [-0.25, -0.2) is 4.79 Å². The van der Waals surface area contributed by atoms with Crippen molar-refractivity contribution in [2.24, 2.45) is 5.92 Å². The normalized spacial score (nSPS) is 14.7. The summed E-state index contributed by atoms with van der Waals surface area (Å²) in [6.45, 7) is 5.87. The Morgan fingerprint density at radius 1 is 1.25 bits per heavy atom. The molecule has 3 atom stereocenters. The van der Waals surface area contributed by atoms with Gasteiger partial charge in [-0.3, -0.25) is 5.32 Å². The van der Waals surface area contributed by atoms with Crippen molar-refractivity contribution in [3.05, 3.63) is 40.9 Å². The van der Waals surface area contributed by atoms with E-state index >= 15 is 0 Å². The summed E-state index contributed by atoms with van der Waals surface area (Å²) in [6.07, 6.45) is 0.913. The van der Waals surface area contributed by atoms with E-state index < -0.39 is 0 Å². The smallest absolute Gasteiger partial charge is 0.321 e. The fraction of sp³-hybridized carbons (Fsp3) is 0.471. The van der Waals surface area contributed by atoms with E-state index in [1.807, 2.05) is 32.0 Å². The monoisotopic (exact) mass is 348 g/mol. The number of aliphatic hydroxyl groups is 1. The average Bonchev–Trinajstić information content (AvgIpc) is 3.03.